The molecule has 3 fully saturated rings. The lowest BCUT2D eigenvalue weighted by atomic mass is 10.1. The second kappa shape index (κ2) is 5.25. The van der Waals surface area contributed by atoms with E-state index in [0.717, 1.165) is 6.54 Å². The number of hydrogen-bond acceptors (Lipinski definition) is 5. The monoisotopic (exact) mass is 266 g/mol. The molecule has 2 atom stereocenters. The largest absolute Gasteiger partial charge is 0.309 e. The van der Waals surface area contributed by atoms with Crippen LogP contribution in [0.15, 0.2) is 5.38 Å². The molecule has 2 unspecified atom stereocenters. The minimum absolute atomic E-state index is 0.371. The number of nitrogens with zero attached hydrogens (tertiary/aromatic N) is 3. The summed E-state index contributed by atoms with van der Waals surface area (Å²) in [6.45, 7) is 11.4. The molecular formula is C13H22N4S. The van der Waals surface area contributed by atoms with Crippen LogP contribution in [0.4, 0.5) is 0 Å². The maximum atomic E-state index is 4.86. The third-order valence-corrected chi connectivity index (χ3v) is 5.02. The molecule has 18 heavy (non-hydrogen) atoms. The number of aromatic nitrogens is 1. The van der Waals surface area contributed by atoms with E-state index in [-0.39, 0.29) is 0 Å². The number of thiazole rings is 1. The molecule has 1 aromatic heterocycles. The molecule has 2 bridgehead atoms. The first-order valence-electron chi connectivity index (χ1n) is 6.93. The van der Waals surface area contributed by atoms with Crippen LogP contribution in [0, 0.1) is 0 Å². The molecule has 4 nitrogen and oxygen atoms in total. The molecule has 4 rings (SSSR count). The summed E-state index contributed by atoms with van der Waals surface area (Å²) < 4.78 is 0. The van der Waals surface area contributed by atoms with E-state index in [1.165, 1.54) is 43.4 Å². The Morgan fingerprint density at radius 3 is 2.83 bits per heavy atom. The van der Waals surface area contributed by atoms with Crippen LogP contribution < -0.4 is 5.32 Å². The maximum Gasteiger partial charge on any atom is 0.111 e. The fourth-order valence-corrected chi connectivity index (χ4v) is 3.95. The minimum atomic E-state index is 0.371. The van der Waals surface area contributed by atoms with Crippen LogP contribution in [0.2, 0.25) is 0 Å². The predicted octanol–water partition coefficient (Wildman–Crippen LogP) is 1.49. The van der Waals surface area contributed by atoms with E-state index in [2.05, 4.69) is 34.3 Å². The van der Waals surface area contributed by atoms with Crippen molar-refractivity contribution in [2.24, 2.45) is 0 Å². The Bertz CT molecular complexity index is 397. The van der Waals surface area contributed by atoms with Gasteiger partial charge in [0.2, 0.25) is 0 Å². The van der Waals surface area contributed by atoms with Crippen LogP contribution in [0.1, 0.15) is 36.6 Å². The maximum absolute atomic E-state index is 4.86. The average Bonchev–Trinajstić information content (AvgIpc) is 2.90. The standard InChI is InChI=1S/C13H22N4S/c1-3-14-10(2)11-9-18-13(15-11)12-8-16-4-6-17(12)7-5-16/h9-10,12,14H,3-8H2,1-2H3. The van der Waals surface area contributed by atoms with Gasteiger partial charge in [0, 0.05) is 44.1 Å². The fourth-order valence-electron chi connectivity index (χ4n) is 2.92. The van der Waals surface area contributed by atoms with E-state index >= 15 is 0 Å². The van der Waals surface area contributed by atoms with Gasteiger partial charge in [-0.2, -0.15) is 0 Å². The highest BCUT2D eigenvalue weighted by Gasteiger charge is 2.34. The molecule has 0 aliphatic carbocycles. The highest BCUT2D eigenvalue weighted by atomic mass is 32.1. The van der Waals surface area contributed by atoms with Crippen molar-refractivity contribution >= 4 is 11.3 Å². The van der Waals surface area contributed by atoms with Crippen molar-refractivity contribution in [2.45, 2.75) is 25.9 Å². The van der Waals surface area contributed by atoms with Gasteiger partial charge in [0.25, 0.3) is 0 Å². The van der Waals surface area contributed by atoms with Crippen molar-refractivity contribution in [3.63, 3.8) is 0 Å². The summed E-state index contributed by atoms with van der Waals surface area (Å²) in [4.78, 5) is 10.0. The quantitative estimate of drug-likeness (QED) is 0.894. The minimum Gasteiger partial charge on any atom is -0.309 e. The van der Waals surface area contributed by atoms with Gasteiger partial charge in [-0.1, -0.05) is 6.92 Å². The zero-order chi connectivity index (χ0) is 12.5. The number of rotatable bonds is 4. The van der Waals surface area contributed by atoms with E-state index < -0.39 is 0 Å². The molecule has 4 heterocycles. The first kappa shape index (κ1) is 12.5. The lowest BCUT2D eigenvalue weighted by Crippen LogP contribution is -2.56. The molecule has 5 heteroatoms. The number of nitrogens with one attached hydrogen (secondary N) is 1. The Kier molecular flexibility index (Phi) is 3.66. The van der Waals surface area contributed by atoms with Gasteiger partial charge in [-0.3, -0.25) is 9.80 Å². The molecule has 3 aliphatic heterocycles. The van der Waals surface area contributed by atoms with E-state index in [1.807, 2.05) is 11.3 Å². The van der Waals surface area contributed by atoms with Crippen molar-refractivity contribution in [3.8, 4) is 0 Å². The van der Waals surface area contributed by atoms with Gasteiger partial charge in [0.1, 0.15) is 5.01 Å². The molecular weight excluding hydrogens is 244 g/mol. The Hall–Kier alpha value is -0.490. The molecule has 0 amide bonds. The van der Waals surface area contributed by atoms with Crippen molar-refractivity contribution in [1.29, 1.82) is 0 Å². The van der Waals surface area contributed by atoms with Crippen LogP contribution in [0.25, 0.3) is 0 Å². The third kappa shape index (κ3) is 2.32. The van der Waals surface area contributed by atoms with E-state index in [4.69, 9.17) is 4.98 Å². The number of piperazine rings is 3. The molecule has 1 N–H and O–H groups in total. The topological polar surface area (TPSA) is 31.4 Å². The predicted molar refractivity (Wildman–Crippen MR) is 75.0 cm³/mol. The van der Waals surface area contributed by atoms with Crippen LogP contribution in [0.5, 0.6) is 0 Å². The Labute approximate surface area is 113 Å². The summed E-state index contributed by atoms with van der Waals surface area (Å²) in [5.74, 6) is 0. The molecule has 3 saturated heterocycles. The van der Waals surface area contributed by atoms with Gasteiger partial charge in [0.05, 0.1) is 11.7 Å². The molecule has 0 radical (unpaired) electrons. The fraction of sp³-hybridized carbons (Fsp3) is 0.769. The van der Waals surface area contributed by atoms with Gasteiger partial charge in [-0.25, -0.2) is 4.98 Å². The zero-order valence-corrected chi connectivity index (χ0v) is 12.0. The lowest BCUT2D eigenvalue weighted by molar-refractivity contribution is 0.0122. The van der Waals surface area contributed by atoms with Crippen LogP contribution >= 0.6 is 11.3 Å². The normalized spacial score (nSPS) is 32.7. The summed E-state index contributed by atoms with van der Waals surface area (Å²) in [6.07, 6.45) is 0. The number of hydrogen-bond donors (Lipinski definition) is 1. The van der Waals surface area contributed by atoms with Gasteiger partial charge in [0.15, 0.2) is 0 Å². The summed E-state index contributed by atoms with van der Waals surface area (Å²) in [6, 6.07) is 0.913. The lowest BCUT2D eigenvalue weighted by Gasteiger charge is -2.46. The van der Waals surface area contributed by atoms with Crippen LogP contribution in [-0.4, -0.2) is 54.1 Å². The Morgan fingerprint density at radius 2 is 2.22 bits per heavy atom. The second-order valence-corrected chi connectivity index (χ2v) is 6.13. The summed E-state index contributed by atoms with van der Waals surface area (Å²) in [5.41, 5.74) is 1.20. The second-order valence-electron chi connectivity index (χ2n) is 5.24. The average molecular weight is 266 g/mol. The zero-order valence-electron chi connectivity index (χ0n) is 11.2. The molecule has 0 aromatic carbocycles. The first-order valence-corrected chi connectivity index (χ1v) is 7.81. The number of fused-ring (bicyclic) bond motifs is 3. The smallest absolute Gasteiger partial charge is 0.111 e. The highest BCUT2D eigenvalue weighted by Crippen LogP contribution is 2.31. The van der Waals surface area contributed by atoms with Gasteiger partial charge in [-0.15, -0.1) is 11.3 Å². The summed E-state index contributed by atoms with van der Waals surface area (Å²) in [5, 5.41) is 6.96. The SMILES string of the molecule is CCNC(C)c1csc(C2CN3CCN2CC3)n1. The Morgan fingerprint density at radius 1 is 1.44 bits per heavy atom. The molecule has 1 aromatic rings. The highest BCUT2D eigenvalue weighted by molar-refractivity contribution is 7.09. The first-order chi connectivity index (χ1) is 8.78. The van der Waals surface area contributed by atoms with Gasteiger partial charge in [-0.05, 0) is 13.5 Å². The molecule has 0 saturated carbocycles. The molecule has 0 spiro atoms. The van der Waals surface area contributed by atoms with Gasteiger partial charge < -0.3 is 5.32 Å². The van der Waals surface area contributed by atoms with Crippen molar-refractivity contribution in [2.75, 3.05) is 39.3 Å². The van der Waals surface area contributed by atoms with Crippen molar-refractivity contribution in [1.82, 2.24) is 20.1 Å². The molecule has 3 aliphatic rings. The van der Waals surface area contributed by atoms with Crippen molar-refractivity contribution in [3.05, 3.63) is 16.1 Å². The van der Waals surface area contributed by atoms with E-state index in [1.54, 1.807) is 0 Å². The Balaban J connectivity index is 1.73. The van der Waals surface area contributed by atoms with E-state index in [9.17, 15) is 0 Å². The summed E-state index contributed by atoms with van der Waals surface area (Å²) >= 11 is 1.83. The van der Waals surface area contributed by atoms with Crippen molar-refractivity contribution < 1.29 is 0 Å². The van der Waals surface area contributed by atoms with E-state index in [0.29, 0.717) is 12.1 Å². The molecule has 100 valence electrons. The van der Waals surface area contributed by atoms with Gasteiger partial charge >= 0.3 is 0 Å². The van der Waals surface area contributed by atoms with Crippen LogP contribution in [0.3, 0.4) is 0 Å². The van der Waals surface area contributed by atoms with Crippen LogP contribution in [-0.2, 0) is 0 Å². The summed E-state index contributed by atoms with van der Waals surface area (Å²) in [7, 11) is 0. The third-order valence-electron chi connectivity index (χ3n) is 4.06.